The number of hydrogen-bond acceptors (Lipinski definition) is 4. The standard InChI is InChI=1S/C19H15F3N4O2/c20-19(21,22)17-13(9-23)8-14(10-24-17)18(28)25-15-4-1-3-12(7-15)11-26-6-2-5-16(26)27/h1,3-4,7-8,10H,2,5-6,11H2,(H,25,28). The summed E-state index contributed by atoms with van der Waals surface area (Å²) >= 11 is 0. The van der Waals surface area contributed by atoms with Gasteiger partial charge in [0.05, 0.1) is 11.1 Å². The maximum atomic E-state index is 12.8. The van der Waals surface area contributed by atoms with E-state index in [1.807, 2.05) is 6.07 Å². The van der Waals surface area contributed by atoms with Gasteiger partial charge in [-0.2, -0.15) is 18.4 Å². The molecule has 1 aliphatic heterocycles. The van der Waals surface area contributed by atoms with E-state index in [1.165, 1.54) is 6.07 Å². The predicted octanol–water partition coefficient (Wildman–Crippen LogP) is 3.35. The van der Waals surface area contributed by atoms with Crippen LogP contribution in [0.3, 0.4) is 0 Å². The molecule has 1 aromatic carbocycles. The van der Waals surface area contributed by atoms with Gasteiger partial charge in [0.2, 0.25) is 5.91 Å². The normalized spacial score (nSPS) is 14.1. The van der Waals surface area contributed by atoms with Gasteiger partial charge in [-0.15, -0.1) is 0 Å². The van der Waals surface area contributed by atoms with Crippen molar-refractivity contribution in [2.24, 2.45) is 0 Å². The number of carbonyl (C=O) groups is 2. The van der Waals surface area contributed by atoms with Crippen molar-refractivity contribution in [1.82, 2.24) is 9.88 Å². The van der Waals surface area contributed by atoms with Crippen LogP contribution < -0.4 is 5.32 Å². The Kier molecular flexibility index (Phi) is 5.31. The first kappa shape index (κ1) is 19.4. The minimum atomic E-state index is -4.78. The fourth-order valence-electron chi connectivity index (χ4n) is 2.94. The zero-order valence-electron chi connectivity index (χ0n) is 14.6. The second-order valence-electron chi connectivity index (χ2n) is 6.30. The van der Waals surface area contributed by atoms with Crippen LogP contribution in [0.25, 0.3) is 0 Å². The average Bonchev–Trinajstić information content (AvgIpc) is 3.05. The number of alkyl halides is 3. The van der Waals surface area contributed by atoms with Crippen molar-refractivity contribution in [2.75, 3.05) is 11.9 Å². The molecule has 9 heteroatoms. The monoisotopic (exact) mass is 388 g/mol. The van der Waals surface area contributed by atoms with Crippen LogP contribution >= 0.6 is 0 Å². The van der Waals surface area contributed by atoms with Crippen LogP contribution in [0.5, 0.6) is 0 Å². The molecule has 144 valence electrons. The smallest absolute Gasteiger partial charge is 0.338 e. The topological polar surface area (TPSA) is 86.1 Å². The molecule has 2 amide bonds. The molecule has 3 rings (SSSR count). The number of nitrogens with zero attached hydrogens (tertiary/aromatic N) is 3. The molecule has 1 aliphatic rings. The van der Waals surface area contributed by atoms with Gasteiger partial charge < -0.3 is 10.2 Å². The summed E-state index contributed by atoms with van der Waals surface area (Å²) in [7, 11) is 0. The van der Waals surface area contributed by atoms with Crippen molar-refractivity contribution in [3.63, 3.8) is 0 Å². The van der Waals surface area contributed by atoms with Gasteiger partial charge in [0.25, 0.3) is 5.91 Å². The lowest BCUT2D eigenvalue weighted by Crippen LogP contribution is -2.23. The lowest BCUT2D eigenvalue weighted by Gasteiger charge is -2.16. The second kappa shape index (κ2) is 7.68. The summed E-state index contributed by atoms with van der Waals surface area (Å²) < 4.78 is 38.4. The van der Waals surface area contributed by atoms with E-state index in [0.717, 1.165) is 24.2 Å². The highest BCUT2D eigenvalue weighted by Gasteiger charge is 2.36. The summed E-state index contributed by atoms with van der Waals surface area (Å²) in [4.78, 5) is 29.0. The first-order chi connectivity index (χ1) is 13.3. The SMILES string of the molecule is N#Cc1cc(C(=O)Nc2cccc(CN3CCCC3=O)c2)cnc1C(F)(F)F. The molecule has 2 heterocycles. The number of anilines is 1. The number of carbonyl (C=O) groups excluding carboxylic acids is 2. The Morgan fingerprint density at radius 3 is 2.75 bits per heavy atom. The highest BCUT2D eigenvalue weighted by Crippen LogP contribution is 2.30. The second-order valence-corrected chi connectivity index (χ2v) is 6.30. The molecular formula is C19H15F3N4O2. The third kappa shape index (κ3) is 4.28. The molecule has 2 aromatic rings. The van der Waals surface area contributed by atoms with Crippen LogP contribution in [0, 0.1) is 11.3 Å². The Morgan fingerprint density at radius 1 is 1.32 bits per heavy atom. The molecule has 28 heavy (non-hydrogen) atoms. The molecular weight excluding hydrogens is 373 g/mol. The Balaban J connectivity index is 1.75. The summed E-state index contributed by atoms with van der Waals surface area (Å²) in [5, 5.41) is 11.5. The van der Waals surface area contributed by atoms with E-state index < -0.39 is 23.3 Å². The first-order valence-electron chi connectivity index (χ1n) is 8.43. The minimum absolute atomic E-state index is 0.0781. The summed E-state index contributed by atoms with van der Waals surface area (Å²) in [5.74, 6) is -0.610. The molecule has 0 spiro atoms. The van der Waals surface area contributed by atoms with Crippen LogP contribution in [0.1, 0.15) is 40.0 Å². The average molecular weight is 388 g/mol. The van der Waals surface area contributed by atoms with E-state index in [9.17, 15) is 22.8 Å². The highest BCUT2D eigenvalue weighted by molar-refractivity contribution is 6.04. The Hall–Kier alpha value is -3.41. The van der Waals surface area contributed by atoms with E-state index >= 15 is 0 Å². The van der Waals surface area contributed by atoms with Gasteiger partial charge in [0.15, 0.2) is 5.69 Å². The summed E-state index contributed by atoms with van der Waals surface area (Å²) in [6, 6.07) is 9.10. The molecule has 0 radical (unpaired) electrons. The number of nitriles is 1. The molecule has 1 fully saturated rings. The van der Waals surface area contributed by atoms with Gasteiger partial charge in [-0.05, 0) is 30.2 Å². The molecule has 1 N–H and O–H groups in total. The van der Waals surface area contributed by atoms with Crippen molar-refractivity contribution in [3.8, 4) is 6.07 Å². The van der Waals surface area contributed by atoms with Crippen LogP contribution in [0.15, 0.2) is 36.5 Å². The number of hydrogen-bond donors (Lipinski definition) is 1. The quantitative estimate of drug-likeness (QED) is 0.870. The fraction of sp³-hybridized carbons (Fsp3) is 0.263. The summed E-state index contributed by atoms with van der Waals surface area (Å²) in [6.45, 7) is 1.10. The van der Waals surface area contributed by atoms with Crippen molar-refractivity contribution in [3.05, 3.63) is 58.9 Å². The Bertz CT molecular complexity index is 966. The number of likely N-dealkylation sites (tertiary alicyclic amines) is 1. The number of rotatable bonds is 4. The third-order valence-electron chi connectivity index (χ3n) is 4.27. The van der Waals surface area contributed by atoms with Crippen molar-refractivity contribution in [2.45, 2.75) is 25.6 Å². The van der Waals surface area contributed by atoms with Gasteiger partial charge >= 0.3 is 6.18 Å². The van der Waals surface area contributed by atoms with Gasteiger partial charge in [0.1, 0.15) is 6.07 Å². The van der Waals surface area contributed by atoms with E-state index in [1.54, 1.807) is 23.1 Å². The molecule has 0 bridgehead atoms. The van der Waals surface area contributed by atoms with Crippen LogP contribution in [0.2, 0.25) is 0 Å². The van der Waals surface area contributed by atoms with Crippen LogP contribution in [-0.2, 0) is 17.5 Å². The fourth-order valence-corrected chi connectivity index (χ4v) is 2.94. The zero-order chi connectivity index (χ0) is 20.3. The van der Waals surface area contributed by atoms with E-state index in [2.05, 4.69) is 10.3 Å². The number of amides is 2. The third-order valence-corrected chi connectivity index (χ3v) is 4.27. The number of pyridine rings is 1. The van der Waals surface area contributed by atoms with Gasteiger partial charge in [-0.25, -0.2) is 4.98 Å². The zero-order valence-corrected chi connectivity index (χ0v) is 14.6. The first-order valence-corrected chi connectivity index (χ1v) is 8.43. The van der Waals surface area contributed by atoms with E-state index in [-0.39, 0.29) is 11.5 Å². The Labute approximate surface area is 158 Å². The summed E-state index contributed by atoms with van der Waals surface area (Å²) in [6.07, 6.45) is -2.65. The molecule has 6 nitrogen and oxygen atoms in total. The van der Waals surface area contributed by atoms with Crippen molar-refractivity contribution >= 4 is 17.5 Å². The van der Waals surface area contributed by atoms with Crippen LogP contribution in [-0.4, -0.2) is 28.2 Å². The van der Waals surface area contributed by atoms with Crippen molar-refractivity contribution in [1.29, 1.82) is 5.26 Å². The largest absolute Gasteiger partial charge is 0.434 e. The van der Waals surface area contributed by atoms with Gasteiger partial charge in [0, 0.05) is 31.4 Å². The highest BCUT2D eigenvalue weighted by atomic mass is 19.4. The molecule has 0 unspecified atom stereocenters. The maximum absolute atomic E-state index is 12.8. The number of halogens is 3. The molecule has 1 aromatic heterocycles. The summed E-state index contributed by atoms with van der Waals surface area (Å²) in [5.41, 5.74) is -0.973. The van der Waals surface area contributed by atoms with Gasteiger partial charge in [-0.3, -0.25) is 9.59 Å². The number of benzene rings is 1. The molecule has 0 aliphatic carbocycles. The van der Waals surface area contributed by atoms with Gasteiger partial charge in [-0.1, -0.05) is 12.1 Å². The molecule has 1 saturated heterocycles. The van der Waals surface area contributed by atoms with Crippen molar-refractivity contribution < 1.29 is 22.8 Å². The number of nitrogens with one attached hydrogen (secondary N) is 1. The lowest BCUT2D eigenvalue weighted by molar-refractivity contribution is -0.141. The molecule has 0 atom stereocenters. The maximum Gasteiger partial charge on any atom is 0.434 e. The lowest BCUT2D eigenvalue weighted by atomic mass is 10.1. The minimum Gasteiger partial charge on any atom is -0.338 e. The molecule has 0 saturated carbocycles. The Morgan fingerprint density at radius 2 is 2.11 bits per heavy atom. The van der Waals surface area contributed by atoms with E-state index in [4.69, 9.17) is 5.26 Å². The number of aromatic nitrogens is 1. The van der Waals surface area contributed by atoms with Crippen LogP contribution in [0.4, 0.5) is 18.9 Å². The van der Waals surface area contributed by atoms with E-state index in [0.29, 0.717) is 25.2 Å². The predicted molar refractivity (Wildman–Crippen MR) is 93.0 cm³/mol.